The zero-order valence-electron chi connectivity index (χ0n) is 10.3. The van der Waals surface area contributed by atoms with Crippen LogP contribution in [0.5, 0.6) is 5.75 Å². The summed E-state index contributed by atoms with van der Waals surface area (Å²) in [6.07, 6.45) is -5.73. The van der Waals surface area contributed by atoms with Crippen LogP contribution in [0.15, 0.2) is 18.2 Å². The van der Waals surface area contributed by atoms with Crippen molar-refractivity contribution in [1.29, 1.82) is 5.41 Å². The predicted octanol–water partition coefficient (Wildman–Crippen LogP) is 2.04. The summed E-state index contributed by atoms with van der Waals surface area (Å²) in [4.78, 5) is 11.9. The van der Waals surface area contributed by atoms with Gasteiger partial charge in [-0.1, -0.05) is 12.1 Å². The summed E-state index contributed by atoms with van der Waals surface area (Å²) in [5.74, 6) is 0.191. The molecule has 0 saturated carbocycles. The Morgan fingerprint density at radius 2 is 2.25 bits per heavy atom. The van der Waals surface area contributed by atoms with Crippen LogP contribution < -0.4 is 10.5 Å². The molecule has 0 aromatic heterocycles. The average molecular weight is 287 g/mol. The third kappa shape index (κ3) is 2.84. The molecule has 0 fully saturated rings. The first-order chi connectivity index (χ1) is 9.31. The quantitative estimate of drug-likeness (QED) is 0.659. The Labute approximate surface area is 112 Å². The molecule has 1 heterocycles. The molecule has 1 atom stereocenters. The van der Waals surface area contributed by atoms with E-state index in [0.717, 1.165) is 11.2 Å². The Morgan fingerprint density at radius 1 is 1.55 bits per heavy atom. The van der Waals surface area contributed by atoms with Gasteiger partial charge in [-0.3, -0.25) is 10.3 Å². The number of fused-ring (bicyclic) bond motifs is 1. The first-order valence-corrected chi connectivity index (χ1v) is 5.73. The highest BCUT2D eigenvalue weighted by Crippen LogP contribution is 2.36. The number of ether oxygens (including phenoxy) is 1. The van der Waals surface area contributed by atoms with Crippen LogP contribution in [-0.4, -0.2) is 29.5 Å². The fraction of sp³-hybridized carbons (Fsp3) is 0.333. The summed E-state index contributed by atoms with van der Waals surface area (Å²) in [5.41, 5.74) is 6.06. The van der Waals surface area contributed by atoms with Crippen LogP contribution in [0.1, 0.15) is 11.1 Å². The Balaban J connectivity index is 2.15. The second-order valence-corrected chi connectivity index (χ2v) is 4.39. The van der Waals surface area contributed by atoms with Gasteiger partial charge in [0.25, 0.3) is 0 Å². The molecule has 20 heavy (non-hydrogen) atoms. The molecule has 0 radical (unpaired) electrons. The number of alkyl halides is 3. The Kier molecular flexibility index (Phi) is 3.56. The van der Waals surface area contributed by atoms with Gasteiger partial charge < -0.3 is 10.5 Å². The van der Waals surface area contributed by atoms with Crippen molar-refractivity contribution in [2.24, 2.45) is 5.73 Å². The van der Waals surface area contributed by atoms with Gasteiger partial charge in [0, 0.05) is 6.42 Å². The van der Waals surface area contributed by atoms with Crippen LogP contribution in [0.4, 0.5) is 18.0 Å². The molecule has 0 aliphatic carbocycles. The van der Waals surface area contributed by atoms with Crippen molar-refractivity contribution >= 4 is 12.4 Å². The van der Waals surface area contributed by atoms with Crippen LogP contribution in [0.3, 0.4) is 0 Å². The standard InChI is InChI=1S/C12H12F3N3O2/c13-12(14,15)10-4-8-3-7(1-2-9(8)20-10)5-18(6-16)11(17)19/h1-3,6,10,16H,4-5H2,(H2,17,19). The largest absolute Gasteiger partial charge is 0.480 e. The normalized spacial score (nSPS) is 17.2. The number of halogens is 3. The Bertz CT molecular complexity index is 545. The summed E-state index contributed by atoms with van der Waals surface area (Å²) in [7, 11) is 0. The molecule has 0 saturated heterocycles. The number of nitrogens with zero attached hydrogens (tertiary/aromatic N) is 1. The van der Waals surface area contributed by atoms with E-state index in [4.69, 9.17) is 15.9 Å². The van der Waals surface area contributed by atoms with Crippen LogP contribution in [0.25, 0.3) is 0 Å². The first-order valence-electron chi connectivity index (χ1n) is 5.73. The topological polar surface area (TPSA) is 79.4 Å². The minimum atomic E-state index is -4.41. The maximum Gasteiger partial charge on any atom is 0.425 e. The lowest BCUT2D eigenvalue weighted by molar-refractivity contribution is -0.189. The monoisotopic (exact) mass is 287 g/mol. The molecule has 0 bridgehead atoms. The number of carbonyl (C=O) groups excluding carboxylic acids is 1. The number of rotatable bonds is 3. The van der Waals surface area contributed by atoms with Gasteiger partial charge in [-0.05, 0) is 17.2 Å². The van der Waals surface area contributed by atoms with E-state index in [1.54, 1.807) is 0 Å². The van der Waals surface area contributed by atoms with Crippen LogP contribution in [0.2, 0.25) is 0 Å². The fourth-order valence-electron chi connectivity index (χ4n) is 1.97. The second-order valence-electron chi connectivity index (χ2n) is 4.39. The molecule has 2 amide bonds. The highest BCUT2D eigenvalue weighted by Gasteiger charge is 2.45. The fourth-order valence-corrected chi connectivity index (χ4v) is 1.97. The molecule has 1 aliphatic rings. The lowest BCUT2D eigenvalue weighted by Crippen LogP contribution is -2.33. The van der Waals surface area contributed by atoms with Gasteiger partial charge in [-0.25, -0.2) is 4.79 Å². The molecular formula is C12H12F3N3O2. The van der Waals surface area contributed by atoms with Crippen molar-refractivity contribution < 1.29 is 22.7 Å². The Morgan fingerprint density at radius 3 is 2.80 bits per heavy atom. The molecule has 108 valence electrons. The van der Waals surface area contributed by atoms with Crippen molar-refractivity contribution in [1.82, 2.24) is 4.90 Å². The van der Waals surface area contributed by atoms with Gasteiger partial charge in [-0.2, -0.15) is 13.2 Å². The molecule has 2 rings (SSSR count). The summed E-state index contributed by atoms with van der Waals surface area (Å²) in [6, 6.07) is 3.70. The van der Waals surface area contributed by atoms with Gasteiger partial charge >= 0.3 is 12.2 Å². The van der Waals surface area contributed by atoms with Crippen molar-refractivity contribution in [3.8, 4) is 5.75 Å². The van der Waals surface area contributed by atoms with E-state index in [2.05, 4.69) is 0 Å². The maximum atomic E-state index is 12.6. The number of benzene rings is 1. The average Bonchev–Trinajstić information content (AvgIpc) is 2.78. The minimum absolute atomic E-state index is 0.0306. The van der Waals surface area contributed by atoms with E-state index in [1.807, 2.05) is 0 Å². The molecule has 5 nitrogen and oxygen atoms in total. The number of amides is 2. The van der Waals surface area contributed by atoms with E-state index in [0.29, 0.717) is 11.1 Å². The summed E-state index contributed by atoms with van der Waals surface area (Å²) < 4.78 is 42.5. The molecular weight excluding hydrogens is 275 g/mol. The first kappa shape index (κ1) is 14.2. The van der Waals surface area contributed by atoms with E-state index in [9.17, 15) is 18.0 Å². The number of hydrogen-bond donors (Lipinski definition) is 2. The predicted molar refractivity (Wildman–Crippen MR) is 64.5 cm³/mol. The van der Waals surface area contributed by atoms with Crippen molar-refractivity contribution in [3.05, 3.63) is 29.3 Å². The molecule has 1 aromatic carbocycles. The number of carbonyl (C=O) groups is 1. The van der Waals surface area contributed by atoms with Crippen LogP contribution >= 0.6 is 0 Å². The van der Waals surface area contributed by atoms with Crippen molar-refractivity contribution in [3.63, 3.8) is 0 Å². The van der Waals surface area contributed by atoms with E-state index in [-0.39, 0.29) is 18.7 Å². The number of urea groups is 1. The third-order valence-corrected chi connectivity index (χ3v) is 2.96. The SMILES string of the molecule is N=CN(Cc1ccc2c(c1)CC(C(F)(F)F)O2)C(N)=O. The van der Waals surface area contributed by atoms with E-state index >= 15 is 0 Å². The zero-order valence-corrected chi connectivity index (χ0v) is 10.3. The Hall–Kier alpha value is -2.25. The molecule has 1 aromatic rings. The van der Waals surface area contributed by atoms with E-state index < -0.39 is 18.3 Å². The van der Waals surface area contributed by atoms with Gasteiger partial charge in [0.1, 0.15) is 5.75 Å². The lowest BCUT2D eigenvalue weighted by atomic mass is 10.1. The number of hydrogen-bond acceptors (Lipinski definition) is 3. The van der Waals surface area contributed by atoms with Crippen LogP contribution in [-0.2, 0) is 13.0 Å². The number of nitrogens with one attached hydrogen (secondary N) is 1. The molecule has 1 aliphatic heterocycles. The second kappa shape index (κ2) is 5.03. The van der Waals surface area contributed by atoms with Gasteiger partial charge in [0.2, 0.25) is 0 Å². The molecule has 0 spiro atoms. The number of primary amides is 1. The minimum Gasteiger partial charge on any atom is -0.480 e. The molecule has 1 unspecified atom stereocenters. The van der Waals surface area contributed by atoms with Gasteiger partial charge in [0.05, 0.1) is 12.9 Å². The van der Waals surface area contributed by atoms with Crippen molar-refractivity contribution in [2.45, 2.75) is 25.2 Å². The smallest absolute Gasteiger partial charge is 0.425 e. The maximum absolute atomic E-state index is 12.6. The molecule has 8 heteroatoms. The zero-order chi connectivity index (χ0) is 14.9. The summed E-state index contributed by atoms with van der Waals surface area (Å²) >= 11 is 0. The van der Waals surface area contributed by atoms with Crippen LogP contribution in [0, 0.1) is 5.41 Å². The lowest BCUT2D eigenvalue weighted by Gasteiger charge is -2.14. The highest BCUT2D eigenvalue weighted by atomic mass is 19.4. The van der Waals surface area contributed by atoms with Gasteiger partial charge in [-0.15, -0.1) is 0 Å². The van der Waals surface area contributed by atoms with E-state index in [1.165, 1.54) is 18.2 Å². The summed E-state index contributed by atoms with van der Waals surface area (Å²) in [5, 5.41) is 7.03. The number of nitrogens with two attached hydrogens (primary N) is 1. The summed E-state index contributed by atoms with van der Waals surface area (Å²) in [6.45, 7) is 0.0306. The highest BCUT2D eigenvalue weighted by molar-refractivity contribution is 5.84. The van der Waals surface area contributed by atoms with Crippen molar-refractivity contribution in [2.75, 3.05) is 0 Å². The van der Waals surface area contributed by atoms with Gasteiger partial charge in [0.15, 0.2) is 6.10 Å². The third-order valence-electron chi connectivity index (χ3n) is 2.96. The molecule has 3 N–H and O–H groups in total.